The van der Waals surface area contributed by atoms with E-state index >= 15 is 0 Å². The number of nitrogen functional groups attached to an aromatic ring is 1. The number of hydrogen-bond acceptors (Lipinski definition) is 9. The number of nitrogens with two attached hydrogens (primary N) is 1. The lowest BCUT2D eigenvalue weighted by Gasteiger charge is -2.33. The number of anilines is 1. The SMILES string of the molecule is CC(=O)OC(C)C(=O)N1CCC(CCn2cnc(N)c3nc(Sc4ccc5c(c4)CCO5)nc2-3)CC1. The second kappa shape index (κ2) is 10.3. The number of rotatable bonds is 7. The van der Waals surface area contributed by atoms with Gasteiger partial charge in [-0.2, -0.15) is 0 Å². The van der Waals surface area contributed by atoms with Crippen LogP contribution in [0.5, 0.6) is 5.75 Å². The van der Waals surface area contributed by atoms with E-state index in [-0.39, 0.29) is 5.91 Å². The van der Waals surface area contributed by atoms with E-state index in [1.807, 2.05) is 16.7 Å². The fourth-order valence-corrected chi connectivity index (χ4v) is 5.61. The van der Waals surface area contributed by atoms with Gasteiger partial charge in [0.25, 0.3) is 5.91 Å². The molecule has 1 fully saturated rings. The topological polar surface area (TPSA) is 125 Å². The molecule has 1 unspecified atom stereocenters. The van der Waals surface area contributed by atoms with Gasteiger partial charge in [0.2, 0.25) is 0 Å². The third-order valence-corrected chi connectivity index (χ3v) is 7.59. The van der Waals surface area contributed by atoms with Crippen molar-refractivity contribution in [2.24, 2.45) is 5.92 Å². The van der Waals surface area contributed by atoms with Crippen molar-refractivity contribution in [3.8, 4) is 17.3 Å². The summed E-state index contributed by atoms with van der Waals surface area (Å²) in [7, 11) is 0. The fourth-order valence-electron chi connectivity index (χ4n) is 4.80. The first kappa shape index (κ1) is 24.4. The number of nitrogens with zero attached hydrogens (tertiary/aromatic N) is 5. The average Bonchev–Trinajstić information content (AvgIpc) is 3.50. The molecular formula is C25H30N6O4S. The first-order valence-corrected chi connectivity index (χ1v) is 13.1. The molecule has 1 aromatic rings. The quantitative estimate of drug-likeness (QED) is 0.477. The zero-order valence-corrected chi connectivity index (χ0v) is 21.3. The van der Waals surface area contributed by atoms with Crippen LogP contribution >= 0.6 is 11.8 Å². The van der Waals surface area contributed by atoms with Gasteiger partial charge in [-0.25, -0.2) is 15.0 Å². The van der Waals surface area contributed by atoms with Gasteiger partial charge >= 0.3 is 5.97 Å². The van der Waals surface area contributed by atoms with E-state index in [4.69, 9.17) is 20.2 Å². The smallest absolute Gasteiger partial charge is 0.303 e. The van der Waals surface area contributed by atoms with Gasteiger partial charge in [-0.15, -0.1) is 0 Å². The van der Waals surface area contributed by atoms with Crippen LogP contribution < -0.4 is 10.5 Å². The van der Waals surface area contributed by atoms with E-state index in [9.17, 15) is 9.59 Å². The van der Waals surface area contributed by atoms with Gasteiger partial charge in [0.15, 0.2) is 28.6 Å². The number of aryl methyl sites for hydroxylation is 1. The maximum atomic E-state index is 12.5. The molecule has 36 heavy (non-hydrogen) atoms. The zero-order valence-electron chi connectivity index (χ0n) is 20.5. The number of piperidine rings is 1. The molecule has 2 N–H and O–H groups in total. The number of carbonyl (C=O) groups excluding carboxylic acids is 2. The van der Waals surface area contributed by atoms with Gasteiger partial charge in [-0.3, -0.25) is 9.59 Å². The standard InChI is InChI=1S/C25H30N6O4S/c1-15(35-16(2)32)24(33)30-9-5-17(6-10-30)7-11-31-14-27-22(26)21-23(31)29-25(28-21)36-19-3-4-20-18(13-19)8-12-34-20/h3-4,13-15,17H,5-12,26H2,1-2H3. The number of hydrogen-bond donors (Lipinski definition) is 1. The number of amides is 1. The maximum Gasteiger partial charge on any atom is 0.303 e. The molecule has 0 radical (unpaired) electrons. The van der Waals surface area contributed by atoms with Gasteiger partial charge in [0.05, 0.1) is 12.9 Å². The minimum atomic E-state index is -0.739. The van der Waals surface area contributed by atoms with Crippen LogP contribution in [0, 0.1) is 5.92 Å². The molecule has 11 heteroatoms. The predicted molar refractivity (Wildman–Crippen MR) is 134 cm³/mol. The Morgan fingerprint density at radius 2 is 2.08 bits per heavy atom. The third kappa shape index (κ3) is 5.25. The largest absolute Gasteiger partial charge is 0.493 e. The third-order valence-electron chi connectivity index (χ3n) is 6.74. The first-order chi connectivity index (χ1) is 17.4. The van der Waals surface area contributed by atoms with E-state index in [0.29, 0.717) is 35.7 Å². The van der Waals surface area contributed by atoms with Crippen LogP contribution in [0.15, 0.2) is 34.6 Å². The number of carbonyl (C=O) groups is 2. The highest BCUT2D eigenvalue weighted by Crippen LogP contribution is 2.35. The van der Waals surface area contributed by atoms with Crippen LogP contribution in [0.1, 0.15) is 38.7 Å². The normalized spacial score (nSPS) is 16.6. The molecule has 0 spiro atoms. The molecule has 0 saturated carbocycles. The molecule has 0 aromatic heterocycles. The van der Waals surface area contributed by atoms with Gasteiger partial charge in [-0.05, 0) is 67.6 Å². The summed E-state index contributed by atoms with van der Waals surface area (Å²) in [6.07, 6.45) is 4.65. The highest BCUT2D eigenvalue weighted by atomic mass is 32.2. The molecule has 4 aliphatic rings. The van der Waals surface area contributed by atoms with E-state index in [0.717, 1.165) is 55.3 Å². The van der Waals surface area contributed by atoms with Gasteiger partial charge in [0.1, 0.15) is 5.75 Å². The monoisotopic (exact) mass is 510 g/mol. The number of ether oxygens (including phenoxy) is 2. The minimum absolute atomic E-state index is 0.129. The summed E-state index contributed by atoms with van der Waals surface area (Å²) in [6, 6.07) is 6.16. The Morgan fingerprint density at radius 1 is 1.28 bits per heavy atom. The average molecular weight is 511 g/mol. The van der Waals surface area contributed by atoms with Gasteiger partial charge in [0, 0.05) is 37.9 Å². The molecule has 1 atom stereocenters. The van der Waals surface area contributed by atoms with Crippen molar-refractivity contribution in [3.05, 3.63) is 30.1 Å². The molecule has 190 valence electrons. The number of fused-ring (bicyclic) bond motifs is 2. The summed E-state index contributed by atoms with van der Waals surface area (Å²) in [6.45, 7) is 5.74. The number of benzene rings is 1. The Hall–Kier alpha value is -3.34. The number of esters is 1. The van der Waals surface area contributed by atoms with E-state index in [2.05, 4.69) is 16.0 Å². The lowest BCUT2D eigenvalue weighted by Crippen LogP contribution is -2.44. The summed E-state index contributed by atoms with van der Waals surface area (Å²) in [5, 5.41) is 0.644. The summed E-state index contributed by atoms with van der Waals surface area (Å²) in [5.74, 6) is 1.96. The molecule has 4 aliphatic heterocycles. The molecule has 0 aliphatic carbocycles. The number of likely N-dealkylation sites (tertiary alicyclic amines) is 1. The van der Waals surface area contributed by atoms with Crippen LogP contribution in [0.4, 0.5) is 5.82 Å². The number of imidazole rings is 1. The van der Waals surface area contributed by atoms with Crippen LogP contribution in [-0.2, 0) is 27.3 Å². The van der Waals surface area contributed by atoms with Crippen LogP contribution in [0.25, 0.3) is 11.5 Å². The Kier molecular flexibility index (Phi) is 6.99. The van der Waals surface area contributed by atoms with Crippen LogP contribution in [0.2, 0.25) is 0 Å². The molecule has 1 amide bonds. The predicted octanol–water partition coefficient (Wildman–Crippen LogP) is 3.03. The summed E-state index contributed by atoms with van der Waals surface area (Å²) in [4.78, 5) is 40.2. The highest BCUT2D eigenvalue weighted by molar-refractivity contribution is 7.99. The second-order valence-corrected chi connectivity index (χ2v) is 10.3. The zero-order chi connectivity index (χ0) is 25.2. The fraction of sp³-hybridized carbons (Fsp3) is 0.480. The van der Waals surface area contributed by atoms with Crippen molar-refractivity contribution in [1.82, 2.24) is 24.4 Å². The molecule has 5 rings (SSSR count). The van der Waals surface area contributed by atoms with Crippen molar-refractivity contribution in [1.29, 1.82) is 0 Å². The Balaban J connectivity index is 1.20. The minimum Gasteiger partial charge on any atom is -0.493 e. The second-order valence-electron chi connectivity index (χ2n) is 9.28. The van der Waals surface area contributed by atoms with Gasteiger partial charge < -0.3 is 24.7 Å². The van der Waals surface area contributed by atoms with Crippen LogP contribution in [-0.4, -0.2) is 62.1 Å². The van der Waals surface area contributed by atoms with Crippen LogP contribution in [0.3, 0.4) is 0 Å². The van der Waals surface area contributed by atoms with Gasteiger partial charge in [-0.1, -0.05) is 0 Å². The molecule has 10 nitrogen and oxygen atoms in total. The highest BCUT2D eigenvalue weighted by Gasteiger charge is 2.28. The first-order valence-electron chi connectivity index (χ1n) is 12.3. The van der Waals surface area contributed by atoms with E-state index in [1.165, 1.54) is 24.2 Å². The molecule has 1 aromatic carbocycles. The van der Waals surface area contributed by atoms with Crippen molar-refractivity contribution >= 4 is 29.5 Å². The van der Waals surface area contributed by atoms with E-state index < -0.39 is 12.1 Å². The maximum absolute atomic E-state index is 12.5. The van der Waals surface area contributed by atoms with Crippen molar-refractivity contribution in [3.63, 3.8) is 0 Å². The molecular weight excluding hydrogens is 480 g/mol. The number of aromatic nitrogens is 4. The molecule has 4 heterocycles. The van der Waals surface area contributed by atoms with E-state index in [1.54, 1.807) is 18.2 Å². The summed E-state index contributed by atoms with van der Waals surface area (Å²) < 4.78 is 12.6. The Bertz CT molecular complexity index is 1240. The molecule has 1 saturated heterocycles. The Morgan fingerprint density at radius 3 is 2.86 bits per heavy atom. The van der Waals surface area contributed by atoms with Crippen molar-refractivity contribution in [2.75, 3.05) is 25.4 Å². The lowest BCUT2D eigenvalue weighted by molar-refractivity contribution is -0.158. The van der Waals surface area contributed by atoms with Crippen molar-refractivity contribution < 1.29 is 19.1 Å². The summed E-state index contributed by atoms with van der Waals surface area (Å²) in [5.41, 5.74) is 7.95. The molecule has 0 bridgehead atoms. The van der Waals surface area contributed by atoms with Crippen molar-refractivity contribution in [2.45, 2.75) is 62.2 Å². The summed E-state index contributed by atoms with van der Waals surface area (Å²) >= 11 is 1.51. The lowest BCUT2D eigenvalue weighted by atomic mass is 9.93. The Labute approximate surface area is 213 Å².